The van der Waals surface area contributed by atoms with Crippen molar-refractivity contribution >= 4 is 12.0 Å². The average molecular weight is 319 g/mol. The van der Waals surface area contributed by atoms with E-state index in [1.54, 1.807) is 18.2 Å². The summed E-state index contributed by atoms with van der Waals surface area (Å²) in [5.41, 5.74) is 0.581. The van der Waals surface area contributed by atoms with Crippen LogP contribution in [0.1, 0.15) is 21.9 Å². The van der Waals surface area contributed by atoms with Gasteiger partial charge in [-0.3, -0.25) is 10.1 Å². The van der Waals surface area contributed by atoms with Crippen molar-refractivity contribution in [3.63, 3.8) is 0 Å². The van der Waals surface area contributed by atoms with Crippen LogP contribution in [0.3, 0.4) is 0 Å². The topological polar surface area (TPSA) is 112 Å². The second-order valence-electron chi connectivity index (χ2n) is 4.37. The molecule has 0 unspecified atom stereocenters. The molecule has 0 saturated heterocycles. The standard InChI is InChI=1S/C15H13NO7/c1-21-14-8-10(6-7-16(19)20)2-4-12(14)22-9-11-3-5-13(23-11)15(17)18/h2-8H,9H2,1H3,(H,17,18). The van der Waals surface area contributed by atoms with Crippen molar-refractivity contribution in [2.45, 2.75) is 6.61 Å². The molecule has 2 aromatic rings. The molecular formula is C15H13NO7. The highest BCUT2D eigenvalue weighted by molar-refractivity contribution is 5.84. The zero-order valence-corrected chi connectivity index (χ0v) is 12.1. The Labute approximate surface area is 130 Å². The Hall–Kier alpha value is -3.29. The van der Waals surface area contributed by atoms with Gasteiger partial charge in [-0.25, -0.2) is 4.79 Å². The van der Waals surface area contributed by atoms with E-state index in [-0.39, 0.29) is 12.4 Å². The Morgan fingerprint density at radius 1 is 1.35 bits per heavy atom. The average Bonchev–Trinajstić information content (AvgIpc) is 3.00. The molecule has 8 nitrogen and oxygen atoms in total. The quantitative estimate of drug-likeness (QED) is 0.616. The van der Waals surface area contributed by atoms with Crippen LogP contribution in [0.4, 0.5) is 0 Å². The third-order valence-electron chi connectivity index (χ3n) is 2.82. The molecule has 0 aliphatic carbocycles. The van der Waals surface area contributed by atoms with E-state index in [9.17, 15) is 14.9 Å². The molecule has 23 heavy (non-hydrogen) atoms. The van der Waals surface area contributed by atoms with Crippen molar-refractivity contribution in [2.75, 3.05) is 7.11 Å². The number of carboxylic acids is 1. The number of carbonyl (C=O) groups is 1. The summed E-state index contributed by atoms with van der Waals surface area (Å²) in [6.07, 6.45) is 2.16. The SMILES string of the molecule is COc1cc(C=C[N+](=O)[O-])ccc1OCc1ccc(C(=O)O)o1. The fourth-order valence-electron chi connectivity index (χ4n) is 1.77. The molecule has 1 aromatic heterocycles. The number of methoxy groups -OCH3 is 1. The van der Waals surface area contributed by atoms with Crippen molar-refractivity contribution in [2.24, 2.45) is 0 Å². The van der Waals surface area contributed by atoms with Crippen LogP contribution in [0.2, 0.25) is 0 Å². The lowest BCUT2D eigenvalue weighted by Crippen LogP contribution is -1.97. The van der Waals surface area contributed by atoms with Crippen LogP contribution in [-0.2, 0) is 6.61 Å². The predicted octanol–water partition coefficient (Wildman–Crippen LogP) is 2.81. The monoisotopic (exact) mass is 319 g/mol. The molecule has 0 saturated carbocycles. The van der Waals surface area contributed by atoms with Gasteiger partial charge in [0, 0.05) is 6.08 Å². The van der Waals surface area contributed by atoms with Crippen LogP contribution in [-0.4, -0.2) is 23.1 Å². The molecule has 0 radical (unpaired) electrons. The van der Waals surface area contributed by atoms with E-state index in [0.29, 0.717) is 22.8 Å². The minimum atomic E-state index is -1.16. The minimum Gasteiger partial charge on any atom is -0.493 e. The Morgan fingerprint density at radius 3 is 2.74 bits per heavy atom. The molecule has 0 bridgehead atoms. The normalized spacial score (nSPS) is 10.7. The van der Waals surface area contributed by atoms with Crippen molar-refractivity contribution in [3.8, 4) is 11.5 Å². The van der Waals surface area contributed by atoms with Gasteiger partial charge in [-0.2, -0.15) is 0 Å². The molecule has 2 rings (SSSR count). The first-order valence-corrected chi connectivity index (χ1v) is 6.44. The summed E-state index contributed by atoms with van der Waals surface area (Å²) < 4.78 is 15.8. The van der Waals surface area contributed by atoms with Crippen molar-refractivity contribution in [1.29, 1.82) is 0 Å². The summed E-state index contributed by atoms with van der Waals surface area (Å²) in [6, 6.07) is 7.65. The maximum atomic E-state index is 10.7. The second-order valence-corrected chi connectivity index (χ2v) is 4.37. The lowest BCUT2D eigenvalue weighted by Gasteiger charge is -2.10. The summed E-state index contributed by atoms with van der Waals surface area (Å²) in [4.78, 5) is 20.5. The molecule has 0 atom stereocenters. The van der Waals surface area contributed by atoms with Gasteiger partial charge in [0.1, 0.15) is 12.4 Å². The van der Waals surface area contributed by atoms with Gasteiger partial charge in [-0.15, -0.1) is 0 Å². The number of aromatic carboxylic acids is 1. The van der Waals surface area contributed by atoms with Crippen LogP contribution in [0.25, 0.3) is 6.08 Å². The Morgan fingerprint density at radius 2 is 2.13 bits per heavy atom. The number of nitrogens with zero attached hydrogens (tertiary/aromatic N) is 1. The van der Waals surface area contributed by atoms with E-state index in [1.165, 1.54) is 25.3 Å². The van der Waals surface area contributed by atoms with Crippen molar-refractivity contribution in [1.82, 2.24) is 0 Å². The van der Waals surface area contributed by atoms with Gasteiger partial charge in [0.2, 0.25) is 12.0 Å². The maximum absolute atomic E-state index is 10.7. The molecule has 1 aromatic carbocycles. The fraction of sp³-hybridized carbons (Fsp3) is 0.133. The van der Waals surface area contributed by atoms with Gasteiger partial charge in [0.15, 0.2) is 11.5 Å². The summed E-state index contributed by atoms with van der Waals surface area (Å²) in [6.45, 7) is 0.0216. The second kappa shape index (κ2) is 7.12. The van der Waals surface area contributed by atoms with E-state index >= 15 is 0 Å². The lowest BCUT2D eigenvalue weighted by atomic mass is 10.2. The van der Waals surface area contributed by atoms with Gasteiger partial charge in [-0.05, 0) is 29.8 Å². The first kappa shape index (κ1) is 16.1. The van der Waals surface area contributed by atoms with Crippen LogP contribution in [0.15, 0.2) is 40.9 Å². The third-order valence-corrected chi connectivity index (χ3v) is 2.82. The third kappa shape index (κ3) is 4.34. The molecule has 0 aliphatic rings. The van der Waals surface area contributed by atoms with Crippen LogP contribution >= 0.6 is 0 Å². The Balaban J connectivity index is 2.09. The molecule has 1 heterocycles. The zero-order valence-electron chi connectivity index (χ0n) is 12.1. The van der Waals surface area contributed by atoms with Crippen molar-refractivity contribution in [3.05, 3.63) is 63.7 Å². The number of ether oxygens (including phenoxy) is 2. The molecule has 0 fully saturated rings. The zero-order chi connectivity index (χ0) is 16.8. The Kier molecular flexibility index (Phi) is 4.98. The summed E-state index contributed by atoms with van der Waals surface area (Å²) in [7, 11) is 1.44. The highest BCUT2D eigenvalue weighted by Gasteiger charge is 2.11. The van der Waals surface area contributed by atoms with Gasteiger partial charge in [0.25, 0.3) is 0 Å². The van der Waals surface area contributed by atoms with Gasteiger partial charge >= 0.3 is 5.97 Å². The largest absolute Gasteiger partial charge is 0.493 e. The van der Waals surface area contributed by atoms with E-state index in [1.807, 2.05) is 0 Å². The molecular weight excluding hydrogens is 306 g/mol. The highest BCUT2D eigenvalue weighted by atomic mass is 16.6. The Bertz CT molecular complexity index is 748. The molecule has 1 N–H and O–H groups in total. The number of nitro groups is 1. The number of carboxylic acid groups (broad SMARTS) is 1. The molecule has 0 aliphatic heterocycles. The highest BCUT2D eigenvalue weighted by Crippen LogP contribution is 2.29. The molecule has 0 amide bonds. The fourth-order valence-corrected chi connectivity index (χ4v) is 1.77. The number of hydrogen-bond acceptors (Lipinski definition) is 6. The number of rotatable bonds is 7. The van der Waals surface area contributed by atoms with E-state index in [2.05, 4.69) is 0 Å². The maximum Gasteiger partial charge on any atom is 0.371 e. The van der Waals surface area contributed by atoms with E-state index in [0.717, 1.165) is 6.20 Å². The lowest BCUT2D eigenvalue weighted by molar-refractivity contribution is -0.400. The first-order valence-electron chi connectivity index (χ1n) is 6.44. The first-order chi connectivity index (χ1) is 11.0. The van der Waals surface area contributed by atoms with Gasteiger partial charge in [0.05, 0.1) is 12.0 Å². The predicted molar refractivity (Wildman–Crippen MR) is 79.0 cm³/mol. The summed E-state index contributed by atoms with van der Waals surface area (Å²) in [5.74, 6) is -0.187. The number of hydrogen-bond donors (Lipinski definition) is 1. The smallest absolute Gasteiger partial charge is 0.371 e. The van der Waals surface area contributed by atoms with Crippen LogP contribution in [0, 0.1) is 10.1 Å². The van der Waals surface area contributed by atoms with Crippen LogP contribution < -0.4 is 9.47 Å². The summed E-state index contributed by atoms with van der Waals surface area (Å²) >= 11 is 0. The summed E-state index contributed by atoms with van der Waals surface area (Å²) in [5, 5.41) is 19.1. The van der Waals surface area contributed by atoms with Crippen LogP contribution in [0.5, 0.6) is 11.5 Å². The molecule has 8 heteroatoms. The van der Waals surface area contributed by atoms with E-state index in [4.69, 9.17) is 19.0 Å². The minimum absolute atomic E-state index is 0.0216. The molecule has 0 spiro atoms. The van der Waals surface area contributed by atoms with Crippen molar-refractivity contribution < 1.29 is 28.7 Å². The van der Waals surface area contributed by atoms with Gasteiger partial charge < -0.3 is 19.0 Å². The number of benzene rings is 1. The molecule has 120 valence electrons. The van der Waals surface area contributed by atoms with Gasteiger partial charge in [-0.1, -0.05) is 6.07 Å². The number of furan rings is 1. The van der Waals surface area contributed by atoms with E-state index < -0.39 is 10.9 Å².